The van der Waals surface area contributed by atoms with Crippen molar-refractivity contribution in [2.75, 3.05) is 6.61 Å². The van der Waals surface area contributed by atoms with Crippen LogP contribution < -0.4 is 0 Å². The molecule has 1 aliphatic rings. The predicted octanol–water partition coefficient (Wildman–Crippen LogP) is -2.33. The molecule has 5 N–H and O–H groups in total. The molecular weight excluding hydrogens is 318 g/mol. The molecule has 0 aromatic carbocycles. The normalized spacial score (nSPS) is 35.9. The number of hydrogen-bond donors (Lipinski definition) is 5. The van der Waals surface area contributed by atoms with Crippen molar-refractivity contribution < 1.29 is 42.4 Å². The Bertz CT molecular complexity index is 451. The first-order valence-electron chi connectivity index (χ1n) is 5.33. The molecule has 0 saturated carbocycles. The van der Waals surface area contributed by atoms with Gasteiger partial charge in [-0.3, -0.25) is 4.55 Å². The van der Waals surface area contributed by atoms with Crippen molar-refractivity contribution in [1.82, 2.24) is 0 Å². The maximum Gasteiger partial charge on any atom is 0.466 e. The molecular formula is C8H15NO9S2. The van der Waals surface area contributed by atoms with Gasteiger partial charge in [0.25, 0.3) is 0 Å². The van der Waals surface area contributed by atoms with Crippen molar-refractivity contribution >= 4 is 27.2 Å². The van der Waals surface area contributed by atoms with Gasteiger partial charge in [-0.25, -0.2) is 4.28 Å². The Labute approximate surface area is 119 Å². The molecule has 0 unspecified atom stereocenters. The van der Waals surface area contributed by atoms with Crippen LogP contribution in [0.1, 0.15) is 6.92 Å². The largest absolute Gasteiger partial charge is 0.466 e. The lowest BCUT2D eigenvalue weighted by Gasteiger charge is -2.39. The van der Waals surface area contributed by atoms with Crippen molar-refractivity contribution in [3.05, 3.63) is 0 Å². The van der Waals surface area contributed by atoms with E-state index in [-0.39, 0.29) is 5.04 Å². The molecule has 1 fully saturated rings. The van der Waals surface area contributed by atoms with Gasteiger partial charge in [0.2, 0.25) is 0 Å². The summed E-state index contributed by atoms with van der Waals surface area (Å²) in [4.78, 5) is 0. The molecule has 1 heterocycles. The Morgan fingerprint density at radius 3 is 2.40 bits per heavy atom. The molecule has 0 bridgehead atoms. The summed E-state index contributed by atoms with van der Waals surface area (Å²) >= 11 is 0.689. The summed E-state index contributed by atoms with van der Waals surface area (Å²) in [7, 11) is -4.74. The topological polar surface area (TPSA) is 166 Å². The van der Waals surface area contributed by atoms with E-state index in [0.717, 1.165) is 0 Å². The maximum absolute atomic E-state index is 10.3. The highest BCUT2D eigenvalue weighted by Crippen LogP contribution is 2.29. The third kappa shape index (κ3) is 4.82. The number of rotatable bonds is 4. The summed E-state index contributed by atoms with van der Waals surface area (Å²) in [6.07, 6.45) is -5.61. The van der Waals surface area contributed by atoms with E-state index in [0.29, 0.717) is 11.8 Å². The molecule has 0 spiro atoms. The van der Waals surface area contributed by atoms with Gasteiger partial charge in [0.1, 0.15) is 34.9 Å². The first-order valence-corrected chi connectivity index (χ1v) is 7.58. The van der Waals surface area contributed by atoms with Crippen LogP contribution in [0.4, 0.5) is 0 Å². The first-order chi connectivity index (χ1) is 9.15. The number of hydrogen-bond acceptors (Lipinski definition) is 10. The van der Waals surface area contributed by atoms with Gasteiger partial charge in [0.15, 0.2) is 0 Å². The number of aliphatic hydroxyl groups is 4. The van der Waals surface area contributed by atoms with Gasteiger partial charge < -0.3 is 25.2 Å². The lowest BCUT2D eigenvalue weighted by atomic mass is 10.0. The quantitative estimate of drug-likeness (QED) is 0.163. The van der Waals surface area contributed by atoms with Gasteiger partial charge in [-0.05, 0) is 6.92 Å². The van der Waals surface area contributed by atoms with E-state index in [1.54, 1.807) is 0 Å². The predicted molar refractivity (Wildman–Crippen MR) is 67.1 cm³/mol. The molecule has 0 amide bonds. The van der Waals surface area contributed by atoms with Crippen LogP contribution in [0.2, 0.25) is 0 Å². The average Bonchev–Trinajstić information content (AvgIpc) is 2.36. The van der Waals surface area contributed by atoms with Crippen LogP contribution in [0.25, 0.3) is 0 Å². The summed E-state index contributed by atoms with van der Waals surface area (Å²) in [5, 5.41) is 40.8. The van der Waals surface area contributed by atoms with Crippen molar-refractivity contribution in [3.63, 3.8) is 0 Å². The van der Waals surface area contributed by atoms with Crippen LogP contribution in [0.15, 0.2) is 5.16 Å². The number of oxime groups is 1. The number of thioether (sulfide) groups is 1. The highest BCUT2D eigenvalue weighted by atomic mass is 32.3. The molecule has 0 aromatic heterocycles. The van der Waals surface area contributed by atoms with Crippen molar-refractivity contribution in [2.24, 2.45) is 5.16 Å². The second-order valence-electron chi connectivity index (χ2n) is 3.93. The van der Waals surface area contributed by atoms with Gasteiger partial charge in [-0.1, -0.05) is 16.9 Å². The third-order valence-corrected chi connectivity index (χ3v) is 3.70. The Hall–Kier alpha value is -0.470. The Balaban J connectivity index is 2.71. The standard InChI is InChI=1S/C8H15NO9S2/c1-3(9-18-20(14,15)16)19-8-7(13)6(12)5(11)4(2-10)17-8/h4-8,10-13H,2H2,1H3,(H,14,15,16)/b9-3-/t4-,5-,6-,7-,8+/m1/s1. The SMILES string of the molecule is C/C(=N/OS(=O)(=O)O)S[C@@H]1O[C@H](CO)[C@@H](O)[C@@H](O)[C@H]1O. The van der Waals surface area contributed by atoms with Crippen LogP contribution in [0.3, 0.4) is 0 Å². The molecule has 10 nitrogen and oxygen atoms in total. The minimum atomic E-state index is -4.74. The van der Waals surface area contributed by atoms with Crippen LogP contribution in [-0.2, 0) is 19.4 Å². The lowest BCUT2D eigenvalue weighted by molar-refractivity contribution is -0.205. The van der Waals surface area contributed by atoms with Crippen LogP contribution in [-0.4, -0.2) is 74.9 Å². The molecule has 12 heteroatoms. The minimum Gasteiger partial charge on any atom is -0.394 e. The summed E-state index contributed by atoms with van der Waals surface area (Å²) in [5.74, 6) is 0. The van der Waals surface area contributed by atoms with E-state index in [9.17, 15) is 23.7 Å². The van der Waals surface area contributed by atoms with E-state index in [1.165, 1.54) is 6.92 Å². The first kappa shape index (κ1) is 17.6. The Kier molecular flexibility index (Phi) is 6.15. The fourth-order valence-corrected chi connectivity index (χ4v) is 2.62. The molecule has 1 rings (SSSR count). The second kappa shape index (κ2) is 7.00. The van der Waals surface area contributed by atoms with E-state index in [2.05, 4.69) is 9.44 Å². The van der Waals surface area contributed by atoms with E-state index in [4.69, 9.17) is 14.4 Å². The average molecular weight is 333 g/mol. The van der Waals surface area contributed by atoms with E-state index in [1.807, 2.05) is 0 Å². The highest BCUT2D eigenvalue weighted by molar-refractivity contribution is 8.14. The van der Waals surface area contributed by atoms with Crippen LogP contribution in [0, 0.1) is 0 Å². The van der Waals surface area contributed by atoms with Gasteiger partial charge in [0, 0.05) is 0 Å². The number of aliphatic hydroxyl groups excluding tert-OH is 4. The fraction of sp³-hybridized carbons (Fsp3) is 0.875. The highest BCUT2D eigenvalue weighted by Gasteiger charge is 2.43. The third-order valence-electron chi connectivity index (χ3n) is 2.40. The van der Waals surface area contributed by atoms with Crippen LogP contribution >= 0.6 is 11.8 Å². The summed E-state index contributed by atoms with van der Waals surface area (Å²) in [6.45, 7) is 0.719. The summed E-state index contributed by atoms with van der Waals surface area (Å²) in [5.41, 5.74) is -1.11. The Morgan fingerprint density at radius 1 is 1.30 bits per heavy atom. The lowest BCUT2D eigenvalue weighted by Crippen LogP contribution is -2.57. The van der Waals surface area contributed by atoms with Gasteiger partial charge in [-0.15, -0.1) is 0 Å². The molecule has 1 saturated heterocycles. The monoisotopic (exact) mass is 333 g/mol. The Morgan fingerprint density at radius 2 is 1.90 bits per heavy atom. The summed E-state index contributed by atoms with van der Waals surface area (Å²) in [6, 6.07) is 0. The fourth-order valence-electron chi connectivity index (χ4n) is 1.45. The van der Waals surface area contributed by atoms with E-state index >= 15 is 0 Å². The zero-order chi connectivity index (χ0) is 15.5. The maximum atomic E-state index is 10.3. The molecule has 0 aromatic rings. The molecule has 118 valence electrons. The van der Waals surface area contributed by atoms with Crippen molar-refractivity contribution in [1.29, 1.82) is 0 Å². The number of ether oxygens (including phenoxy) is 1. The van der Waals surface area contributed by atoms with Crippen molar-refractivity contribution in [2.45, 2.75) is 36.8 Å². The molecule has 0 aliphatic carbocycles. The van der Waals surface area contributed by atoms with Crippen molar-refractivity contribution in [3.8, 4) is 0 Å². The summed E-state index contributed by atoms with van der Waals surface area (Å²) < 4.78 is 37.9. The number of nitrogens with zero attached hydrogens (tertiary/aromatic N) is 1. The van der Waals surface area contributed by atoms with Gasteiger partial charge in [-0.2, -0.15) is 8.42 Å². The zero-order valence-corrected chi connectivity index (χ0v) is 11.9. The molecule has 20 heavy (non-hydrogen) atoms. The molecule has 1 aliphatic heterocycles. The minimum absolute atomic E-state index is 0.0352. The smallest absolute Gasteiger partial charge is 0.394 e. The zero-order valence-electron chi connectivity index (χ0n) is 10.2. The van der Waals surface area contributed by atoms with Crippen LogP contribution in [0.5, 0.6) is 0 Å². The van der Waals surface area contributed by atoms with E-state index < -0.39 is 46.9 Å². The van der Waals surface area contributed by atoms with Gasteiger partial charge >= 0.3 is 10.4 Å². The molecule has 5 atom stereocenters. The van der Waals surface area contributed by atoms with Gasteiger partial charge in [0.05, 0.1) is 6.61 Å². The second-order valence-corrected chi connectivity index (χ2v) is 6.22. The molecule has 0 radical (unpaired) electrons.